The number of rotatable bonds is 6. The second-order valence-electron chi connectivity index (χ2n) is 4.68. The van der Waals surface area contributed by atoms with Crippen LogP contribution in [0.25, 0.3) is 0 Å². The molecule has 0 saturated carbocycles. The van der Waals surface area contributed by atoms with Crippen molar-refractivity contribution in [3.63, 3.8) is 0 Å². The van der Waals surface area contributed by atoms with Crippen molar-refractivity contribution in [2.45, 2.75) is 39.7 Å². The minimum Gasteiger partial charge on any atom is -0.493 e. The van der Waals surface area contributed by atoms with Crippen LogP contribution in [-0.4, -0.2) is 6.61 Å². The van der Waals surface area contributed by atoms with E-state index in [4.69, 9.17) is 10.5 Å². The Morgan fingerprint density at radius 3 is 2.59 bits per heavy atom. The Bertz CT molecular complexity index is 352. The molecule has 0 aliphatic heterocycles. The lowest BCUT2D eigenvalue weighted by Crippen LogP contribution is -2.10. The second kappa shape index (κ2) is 6.60. The molecule has 1 unspecified atom stereocenters. The van der Waals surface area contributed by atoms with Gasteiger partial charge >= 0.3 is 0 Å². The summed E-state index contributed by atoms with van der Waals surface area (Å²) in [5.41, 5.74) is 6.17. The molecule has 0 aliphatic carbocycles. The van der Waals surface area contributed by atoms with Gasteiger partial charge in [0.25, 0.3) is 0 Å². The van der Waals surface area contributed by atoms with Crippen LogP contribution in [-0.2, 0) is 0 Å². The van der Waals surface area contributed by atoms with Crippen LogP contribution < -0.4 is 10.5 Å². The van der Waals surface area contributed by atoms with Crippen molar-refractivity contribution in [2.24, 2.45) is 11.7 Å². The Labute approximate surface area is 103 Å². The molecule has 1 aromatic carbocycles. The van der Waals surface area contributed by atoms with Crippen molar-refractivity contribution in [3.05, 3.63) is 29.6 Å². The van der Waals surface area contributed by atoms with Gasteiger partial charge in [-0.15, -0.1) is 0 Å². The van der Waals surface area contributed by atoms with Gasteiger partial charge < -0.3 is 10.5 Å². The minimum absolute atomic E-state index is 0.289. The van der Waals surface area contributed by atoms with Gasteiger partial charge in [0, 0.05) is 17.7 Å². The van der Waals surface area contributed by atoms with Gasteiger partial charge in [-0.2, -0.15) is 0 Å². The summed E-state index contributed by atoms with van der Waals surface area (Å²) in [5, 5.41) is 0. The lowest BCUT2D eigenvalue weighted by atomic mass is 10.1. The summed E-state index contributed by atoms with van der Waals surface area (Å²) in [7, 11) is 0. The molecule has 2 nitrogen and oxygen atoms in total. The fourth-order valence-electron chi connectivity index (χ4n) is 1.78. The summed E-state index contributed by atoms with van der Waals surface area (Å²) in [5.74, 6) is 0.784. The van der Waals surface area contributed by atoms with E-state index < -0.39 is 0 Å². The third-order valence-electron chi connectivity index (χ3n) is 2.78. The molecule has 0 amide bonds. The Morgan fingerprint density at radius 1 is 1.35 bits per heavy atom. The monoisotopic (exact) mass is 239 g/mol. The van der Waals surface area contributed by atoms with E-state index in [1.807, 2.05) is 0 Å². The van der Waals surface area contributed by atoms with Crippen molar-refractivity contribution in [3.8, 4) is 5.75 Å². The Morgan fingerprint density at radius 2 is 2.06 bits per heavy atom. The van der Waals surface area contributed by atoms with Crippen LogP contribution in [0.3, 0.4) is 0 Å². The van der Waals surface area contributed by atoms with Crippen LogP contribution in [0.1, 0.15) is 45.2 Å². The summed E-state index contributed by atoms with van der Waals surface area (Å²) in [6, 6.07) is 4.60. The van der Waals surface area contributed by atoms with Crippen molar-refractivity contribution in [2.75, 3.05) is 6.61 Å². The third-order valence-corrected chi connectivity index (χ3v) is 2.78. The summed E-state index contributed by atoms with van der Waals surface area (Å²) in [6.45, 7) is 6.68. The van der Waals surface area contributed by atoms with Crippen LogP contribution in [0.15, 0.2) is 18.2 Å². The standard InChI is InChI=1S/C14H22FNO/c1-4-5-10(2)9-17-12-6-7-13(11(3)16)14(15)8-12/h6-8,10-11H,4-5,9,16H2,1-3H3/t10?,11-/m0/s1. The predicted octanol–water partition coefficient (Wildman–Crippen LogP) is 3.66. The average molecular weight is 239 g/mol. The first-order valence-corrected chi connectivity index (χ1v) is 6.22. The van der Waals surface area contributed by atoms with E-state index in [-0.39, 0.29) is 11.9 Å². The Kier molecular flexibility index (Phi) is 5.42. The van der Waals surface area contributed by atoms with Crippen LogP contribution in [0, 0.1) is 11.7 Å². The highest BCUT2D eigenvalue weighted by atomic mass is 19.1. The number of hydrogen-bond acceptors (Lipinski definition) is 2. The highest BCUT2D eigenvalue weighted by Gasteiger charge is 2.09. The Balaban J connectivity index is 2.58. The van der Waals surface area contributed by atoms with E-state index in [2.05, 4.69) is 13.8 Å². The van der Waals surface area contributed by atoms with E-state index in [1.165, 1.54) is 6.07 Å². The first-order chi connectivity index (χ1) is 8.04. The van der Waals surface area contributed by atoms with Gasteiger partial charge in [-0.3, -0.25) is 0 Å². The maximum Gasteiger partial charge on any atom is 0.131 e. The van der Waals surface area contributed by atoms with Gasteiger partial charge in [0.15, 0.2) is 0 Å². The summed E-state index contributed by atoms with van der Waals surface area (Å²) >= 11 is 0. The third kappa shape index (κ3) is 4.35. The number of ether oxygens (including phenoxy) is 1. The molecule has 0 aromatic heterocycles. The van der Waals surface area contributed by atoms with E-state index >= 15 is 0 Å². The van der Waals surface area contributed by atoms with E-state index in [1.54, 1.807) is 19.1 Å². The Hall–Kier alpha value is -1.09. The van der Waals surface area contributed by atoms with Crippen molar-refractivity contribution in [1.29, 1.82) is 0 Å². The second-order valence-corrected chi connectivity index (χ2v) is 4.68. The SMILES string of the molecule is CCCC(C)COc1ccc([C@H](C)N)c(F)c1. The summed E-state index contributed by atoms with van der Waals surface area (Å²) < 4.78 is 19.2. The first-order valence-electron chi connectivity index (χ1n) is 6.22. The molecular formula is C14H22FNO. The molecule has 2 atom stereocenters. The molecule has 17 heavy (non-hydrogen) atoms. The molecule has 0 bridgehead atoms. The first kappa shape index (κ1) is 14.0. The molecule has 0 radical (unpaired) electrons. The molecular weight excluding hydrogens is 217 g/mol. The lowest BCUT2D eigenvalue weighted by molar-refractivity contribution is 0.250. The molecule has 0 aliphatic rings. The molecule has 3 heteroatoms. The number of hydrogen-bond donors (Lipinski definition) is 1. The van der Waals surface area contributed by atoms with Crippen molar-refractivity contribution >= 4 is 0 Å². The maximum absolute atomic E-state index is 13.6. The number of nitrogens with two attached hydrogens (primary N) is 1. The normalized spacial score (nSPS) is 14.4. The quantitative estimate of drug-likeness (QED) is 0.822. The van der Waals surface area contributed by atoms with Gasteiger partial charge in [0.2, 0.25) is 0 Å². The topological polar surface area (TPSA) is 35.2 Å². The highest BCUT2D eigenvalue weighted by molar-refractivity contribution is 5.30. The van der Waals surface area contributed by atoms with Gasteiger partial charge in [-0.1, -0.05) is 26.3 Å². The number of halogens is 1. The van der Waals surface area contributed by atoms with Crippen LogP contribution in [0.5, 0.6) is 5.75 Å². The van der Waals surface area contributed by atoms with Gasteiger partial charge in [0.05, 0.1) is 6.61 Å². The lowest BCUT2D eigenvalue weighted by Gasteiger charge is -2.13. The molecule has 0 fully saturated rings. The van der Waals surface area contributed by atoms with Crippen molar-refractivity contribution < 1.29 is 9.13 Å². The summed E-state index contributed by atoms with van der Waals surface area (Å²) in [4.78, 5) is 0. The van der Waals surface area contributed by atoms with Gasteiger partial charge in [-0.25, -0.2) is 4.39 Å². The predicted molar refractivity (Wildman–Crippen MR) is 68.6 cm³/mol. The van der Waals surface area contributed by atoms with E-state index in [0.717, 1.165) is 12.8 Å². The molecule has 2 N–H and O–H groups in total. The van der Waals surface area contributed by atoms with Crippen LogP contribution in [0.2, 0.25) is 0 Å². The molecule has 0 spiro atoms. The summed E-state index contributed by atoms with van der Waals surface area (Å²) in [6.07, 6.45) is 2.27. The zero-order valence-electron chi connectivity index (χ0n) is 10.9. The van der Waals surface area contributed by atoms with E-state index in [9.17, 15) is 4.39 Å². The van der Waals surface area contributed by atoms with Crippen LogP contribution >= 0.6 is 0 Å². The van der Waals surface area contributed by atoms with E-state index in [0.29, 0.717) is 23.8 Å². The largest absolute Gasteiger partial charge is 0.493 e. The molecule has 1 rings (SSSR count). The molecule has 96 valence electrons. The minimum atomic E-state index is -0.291. The zero-order chi connectivity index (χ0) is 12.8. The van der Waals surface area contributed by atoms with Gasteiger partial charge in [0.1, 0.15) is 11.6 Å². The average Bonchev–Trinajstić information content (AvgIpc) is 2.26. The molecule has 0 saturated heterocycles. The fourth-order valence-corrected chi connectivity index (χ4v) is 1.78. The van der Waals surface area contributed by atoms with Crippen molar-refractivity contribution in [1.82, 2.24) is 0 Å². The highest BCUT2D eigenvalue weighted by Crippen LogP contribution is 2.21. The molecule has 0 heterocycles. The van der Waals surface area contributed by atoms with Gasteiger partial charge in [-0.05, 0) is 25.3 Å². The van der Waals surface area contributed by atoms with Crippen LogP contribution in [0.4, 0.5) is 4.39 Å². The fraction of sp³-hybridized carbons (Fsp3) is 0.571. The smallest absolute Gasteiger partial charge is 0.131 e. The maximum atomic E-state index is 13.6. The molecule has 1 aromatic rings. The zero-order valence-corrected chi connectivity index (χ0v) is 10.9. The number of benzene rings is 1.